The zero-order chi connectivity index (χ0) is 20.7. The summed E-state index contributed by atoms with van der Waals surface area (Å²) in [5.41, 5.74) is 3.49. The monoisotopic (exact) mass is 415 g/mol. The fourth-order valence-corrected chi connectivity index (χ4v) is 4.84. The third kappa shape index (κ3) is 6.15. The van der Waals surface area contributed by atoms with Crippen LogP contribution in [0.25, 0.3) is 0 Å². The second-order valence-electron chi connectivity index (χ2n) is 7.48. The molecule has 0 aromatic heterocycles. The van der Waals surface area contributed by atoms with Crippen molar-refractivity contribution >= 4 is 15.7 Å². The molecule has 0 fully saturated rings. The third-order valence-electron chi connectivity index (χ3n) is 5.31. The highest BCUT2D eigenvalue weighted by molar-refractivity contribution is 7.91. The summed E-state index contributed by atoms with van der Waals surface area (Å²) in [4.78, 5) is 12.3. The highest BCUT2D eigenvalue weighted by Crippen LogP contribution is 2.25. The lowest BCUT2D eigenvalue weighted by molar-refractivity contribution is -0.120. The lowest BCUT2D eigenvalue weighted by atomic mass is 10.1. The highest BCUT2D eigenvalue weighted by Gasteiger charge is 2.19. The van der Waals surface area contributed by atoms with Gasteiger partial charge in [0.1, 0.15) is 0 Å². The third-order valence-corrected chi connectivity index (χ3v) is 7.02. The molecule has 1 N–H and O–H groups in total. The Bertz CT molecular complexity index is 925. The van der Waals surface area contributed by atoms with Crippen LogP contribution in [0.5, 0.6) is 0 Å². The Morgan fingerprint density at radius 1 is 1.10 bits per heavy atom. The normalized spacial score (nSPS) is 14.4. The van der Waals surface area contributed by atoms with Crippen LogP contribution in [0.4, 0.5) is 0 Å². The maximum Gasteiger partial charge on any atom is 0.221 e. The number of rotatable bonds is 10. The van der Waals surface area contributed by atoms with E-state index in [0.717, 1.165) is 30.4 Å². The molecule has 0 saturated heterocycles. The van der Waals surface area contributed by atoms with E-state index in [1.165, 1.54) is 5.56 Å². The van der Waals surface area contributed by atoms with Crippen molar-refractivity contribution in [2.75, 3.05) is 18.9 Å². The van der Waals surface area contributed by atoms with Gasteiger partial charge in [0.05, 0.1) is 16.8 Å². The molecule has 0 bridgehead atoms. The van der Waals surface area contributed by atoms with Gasteiger partial charge in [-0.2, -0.15) is 0 Å². The van der Waals surface area contributed by atoms with Crippen LogP contribution in [0.15, 0.2) is 53.4 Å². The molecule has 0 radical (unpaired) electrons. The van der Waals surface area contributed by atoms with Crippen LogP contribution >= 0.6 is 0 Å². The predicted molar refractivity (Wildman–Crippen MR) is 114 cm³/mol. The van der Waals surface area contributed by atoms with Gasteiger partial charge in [0.25, 0.3) is 0 Å². The average Bonchev–Trinajstić information content (AvgIpc) is 3.20. The van der Waals surface area contributed by atoms with E-state index in [1.54, 1.807) is 12.1 Å². The molecule has 156 valence electrons. The summed E-state index contributed by atoms with van der Waals surface area (Å²) in [6, 6.07) is 15.3. The molecule has 0 aliphatic heterocycles. The number of hydrogen-bond acceptors (Lipinski definition) is 4. The SMILES string of the molecule is CC(OCCCNC(=O)CCS(=O)(=O)c1ccc2c(c1)CCC2)c1ccccc1. The predicted octanol–water partition coefficient (Wildman–Crippen LogP) is 3.62. The minimum absolute atomic E-state index is 0.00404. The van der Waals surface area contributed by atoms with E-state index in [9.17, 15) is 13.2 Å². The van der Waals surface area contributed by atoms with Gasteiger partial charge in [0, 0.05) is 19.6 Å². The Balaban J connectivity index is 1.35. The highest BCUT2D eigenvalue weighted by atomic mass is 32.2. The van der Waals surface area contributed by atoms with E-state index in [0.29, 0.717) is 24.5 Å². The molecule has 2 aromatic carbocycles. The topological polar surface area (TPSA) is 72.5 Å². The first-order valence-electron chi connectivity index (χ1n) is 10.2. The summed E-state index contributed by atoms with van der Waals surface area (Å²) in [7, 11) is -3.44. The quantitative estimate of drug-likeness (QED) is 0.602. The van der Waals surface area contributed by atoms with Gasteiger partial charge in [-0.15, -0.1) is 0 Å². The molecule has 1 atom stereocenters. The molecule has 0 saturated carbocycles. The molecule has 0 heterocycles. The van der Waals surface area contributed by atoms with Crippen molar-refractivity contribution in [3.05, 3.63) is 65.2 Å². The molecule has 5 nitrogen and oxygen atoms in total. The largest absolute Gasteiger partial charge is 0.374 e. The zero-order valence-electron chi connectivity index (χ0n) is 16.9. The maximum atomic E-state index is 12.5. The molecular weight excluding hydrogens is 386 g/mol. The molecule has 0 spiro atoms. The van der Waals surface area contributed by atoms with E-state index in [2.05, 4.69) is 5.32 Å². The minimum atomic E-state index is -3.44. The van der Waals surface area contributed by atoms with Gasteiger partial charge in [-0.25, -0.2) is 8.42 Å². The fourth-order valence-electron chi connectivity index (χ4n) is 3.56. The number of nitrogens with one attached hydrogen (secondary N) is 1. The molecule has 6 heteroatoms. The number of carbonyl (C=O) groups excluding carboxylic acids is 1. The molecule has 29 heavy (non-hydrogen) atoms. The second kappa shape index (κ2) is 10.0. The van der Waals surface area contributed by atoms with E-state index in [-0.39, 0.29) is 24.2 Å². The first-order valence-corrected chi connectivity index (χ1v) is 11.9. The number of fused-ring (bicyclic) bond motifs is 1. The van der Waals surface area contributed by atoms with Gasteiger partial charge < -0.3 is 10.1 Å². The van der Waals surface area contributed by atoms with Crippen LogP contribution in [-0.4, -0.2) is 33.2 Å². The van der Waals surface area contributed by atoms with E-state index >= 15 is 0 Å². The van der Waals surface area contributed by atoms with Crippen molar-refractivity contribution in [2.24, 2.45) is 0 Å². The number of hydrogen-bond donors (Lipinski definition) is 1. The molecular formula is C23H29NO4S. The van der Waals surface area contributed by atoms with E-state index < -0.39 is 9.84 Å². The van der Waals surface area contributed by atoms with Gasteiger partial charge in [-0.05, 0) is 61.4 Å². The molecule has 1 aliphatic carbocycles. The number of sulfone groups is 1. The number of aryl methyl sites for hydroxylation is 2. The number of amides is 1. The average molecular weight is 416 g/mol. The maximum absolute atomic E-state index is 12.5. The number of benzene rings is 2. The fraction of sp³-hybridized carbons (Fsp3) is 0.435. The number of carbonyl (C=O) groups is 1. The van der Waals surface area contributed by atoms with E-state index in [1.807, 2.05) is 43.3 Å². The van der Waals surface area contributed by atoms with Gasteiger partial charge in [-0.3, -0.25) is 4.79 Å². The van der Waals surface area contributed by atoms with Crippen LogP contribution < -0.4 is 5.32 Å². The van der Waals surface area contributed by atoms with Crippen LogP contribution in [-0.2, 0) is 32.2 Å². The van der Waals surface area contributed by atoms with Gasteiger partial charge >= 0.3 is 0 Å². The summed E-state index contributed by atoms with van der Waals surface area (Å²) < 4.78 is 30.8. The Labute approximate surface area is 173 Å². The standard InChI is InChI=1S/C23H29NO4S/c1-18(19-7-3-2-4-8-19)28-15-6-14-24-23(25)13-16-29(26,27)22-12-11-20-9-5-10-21(20)17-22/h2-4,7-8,11-12,17-18H,5-6,9-10,13-16H2,1H3,(H,24,25). The Hall–Kier alpha value is -2.18. The van der Waals surface area contributed by atoms with Crippen molar-refractivity contribution in [2.45, 2.75) is 50.0 Å². The zero-order valence-corrected chi connectivity index (χ0v) is 17.7. The van der Waals surface area contributed by atoms with Crippen LogP contribution in [0.3, 0.4) is 0 Å². The second-order valence-corrected chi connectivity index (χ2v) is 9.59. The molecule has 1 aliphatic rings. The van der Waals surface area contributed by atoms with Crippen molar-refractivity contribution in [1.29, 1.82) is 0 Å². The first-order chi connectivity index (χ1) is 14.0. The van der Waals surface area contributed by atoms with Crippen LogP contribution in [0, 0.1) is 0 Å². The van der Waals surface area contributed by atoms with E-state index in [4.69, 9.17) is 4.74 Å². The molecule has 1 unspecified atom stereocenters. The smallest absolute Gasteiger partial charge is 0.221 e. The van der Waals surface area contributed by atoms with Crippen molar-refractivity contribution in [3.8, 4) is 0 Å². The lowest BCUT2D eigenvalue weighted by Gasteiger charge is -2.13. The molecule has 1 amide bonds. The molecule has 3 rings (SSSR count). The van der Waals surface area contributed by atoms with Gasteiger partial charge in [-0.1, -0.05) is 36.4 Å². The Morgan fingerprint density at radius 2 is 1.86 bits per heavy atom. The van der Waals surface area contributed by atoms with Gasteiger partial charge in [0.15, 0.2) is 9.84 Å². The summed E-state index contributed by atoms with van der Waals surface area (Å²) in [5, 5.41) is 2.78. The summed E-state index contributed by atoms with van der Waals surface area (Å²) in [6.45, 7) is 3.00. The Kier molecular flexibility index (Phi) is 7.45. The van der Waals surface area contributed by atoms with Crippen molar-refractivity contribution in [1.82, 2.24) is 5.32 Å². The van der Waals surface area contributed by atoms with Crippen molar-refractivity contribution in [3.63, 3.8) is 0 Å². The van der Waals surface area contributed by atoms with Gasteiger partial charge in [0.2, 0.25) is 5.91 Å². The molecule has 2 aromatic rings. The Morgan fingerprint density at radius 3 is 2.66 bits per heavy atom. The summed E-state index contributed by atoms with van der Waals surface area (Å²) in [6.07, 6.45) is 3.69. The van der Waals surface area contributed by atoms with Crippen LogP contribution in [0.1, 0.15) is 49.0 Å². The first kappa shape index (κ1) is 21.5. The number of ether oxygens (including phenoxy) is 1. The van der Waals surface area contributed by atoms with Crippen LogP contribution in [0.2, 0.25) is 0 Å². The lowest BCUT2D eigenvalue weighted by Crippen LogP contribution is -2.27. The van der Waals surface area contributed by atoms with Crippen molar-refractivity contribution < 1.29 is 17.9 Å². The summed E-state index contributed by atoms with van der Waals surface area (Å²) >= 11 is 0. The summed E-state index contributed by atoms with van der Waals surface area (Å²) in [5.74, 6) is -0.412. The minimum Gasteiger partial charge on any atom is -0.374 e.